The summed E-state index contributed by atoms with van der Waals surface area (Å²) < 4.78 is 16.0. The zero-order chi connectivity index (χ0) is 14.7. The smallest absolute Gasteiger partial charge is 0.254 e. The Morgan fingerprint density at radius 2 is 1.79 bits per heavy atom. The van der Waals surface area contributed by atoms with Crippen LogP contribution >= 0.6 is 79.4 Å². The molecule has 0 atom stereocenters. The number of anilines is 1. The van der Waals surface area contributed by atoms with E-state index in [9.17, 15) is 13.8 Å². The van der Waals surface area contributed by atoms with Crippen LogP contribution in [0.3, 0.4) is 0 Å². The van der Waals surface area contributed by atoms with Crippen LogP contribution in [0.4, 0.5) is 11.4 Å². The molecule has 1 amide bonds. The van der Waals surface area contributed by atoms with Gasteiger partial charge in [0.2, 0.25) is 17.4 Å². The molecule has 1 rings (SSSR count). The molecule has 0 aliphatic heterocycles. The second-order valence-corrected chi connectivity index (χ2v) is 7.07. The maximum Gasteiger partial charge on any atom is 0.254 e. The van der Waals surface area contributed by atoms with Crippen LogP contribution in [0, 0.1) is 10.7 Å². The van der Waals surface area contributed by atoms with Crippen LogP contribution in [-0.4, -0.2) is 15.4 Å². The van der Waals surface area contributed by atoms with Gasteiger partial charge in [0.05, 0.1) is 22.0 Å². The Morgan fingerprint density at radius 1 is 1.21 bits per heavy atom. The van der Waals surface area contributed by atoms with Gasteiger partial charge in [0.1, 0.15) is 5.69 Å². The van der Waals surface area contributed by atoms with Crippen LogP contribution in [0.25, 0.3) is 0 Å². The zero-order valence-electron chi connectivity index (χ0n) is 9.09. The minimum atomic E-state index is -0.663. The normalized spacial score (nSPS) is 9.95. The minimum absolute atomic E-state index is 0.0328. The number of carbonyl (C=O) groups excluding carboxylic acids is 2. The first-order valence-corrected chi connectivity index (χ1v) is 8.80. The van der Waals surface area contributed by atoms with Crippen molar-refractivity contribution in [3.63, 3.8) is 0 Å². The van der Waals surface area contributed by atoms with E-state index in [2.05, 4.69) is 9.68 Å². The van der Waals surface area contributed by atoms with Crippen molar-refractivity contribution in [3.05, 3.63) is 16.3 Å². The van der Waals surface area contributed by atoms with Crippen LogP contribution < -0.4 is 5.32 Å². The molecule has 0 aliphatic carbocycles. The predicted molar refractivity (Wildman–Crippen MR) is 99.3 cm³/mol. The number of hydrogen-bond acceptors (Lipinski definition) is 4. The van der Waals surface area contributed by atoms with Gasteiger partial charge < -0.3 is 5.32 Å². The Balaban J connectivity index is 3.78. The lowest BCUT2D eigenvalue weighted by Crippen LogP contribution is -2.12. The second kappa shape index (κ2) is 7.61. The highest BCUT2D eigenvalue weighted by molar-refractivity contribution is 14.1. The number of rotatable bonds is 3. The Morgan fingerprint density at radius 3 is 2.21 bits per heavy atom. The first kappa shape index (κ1) is 17.7. The number of hydrogen-bond donors (Lipinski definition) is 1. The first-order chi connectivity index (χ1) is 8.81. The van der Waals surface area contributed by atoms with Crippen molar-refractivity contribution in [2.24, 2.45) is 4.36 Å². The van der Waals surface area contributed by atoms with E-state index in [0.29, 0.717) is 22.1 Å². The number of nitrogens with one attached hydrogen (secondary N) is 1. The monoisotopic (exact) mass is 636 g/mol. The van der Waals surface area contributed by atoms with E-state index in [-0.39, 0.29) is 22.9 Å². The average Bonchev–Trinajstić information content (AvgIpc) is 2.29. The summed E-state index contributed by atoms with van der Waals surface area (Å²) in [6.07, 6.45) is 0. The third kappa shape index (κ3) is 4.07. The van der Waals surface area contributed by atoms with Crippen LogP contribution in [0.2, 0.25) is 0 Å². The van der Waals surface area contributed by atoms with Crippen molar-refractivity contribution in [2.75, 3.05) is 5.32 Å². The molecule has 5 nitrogen and oxygen atoms in total. The molecule has 0 aromatic heterocycles. The van der Waals surface area contributed by atoms with Gasteiger partial charge in [-0.25, -0.2) is 0 Å². The molecular formula is C9H4ClI3N2O3S. The molecule has 102 valence electrons. The van der Waals surface area contributed by atoms with Crippen LogP contribution in [0.5, 0.6) is 0 Å². The maximum absolute atomic E-state index is 11.5. The molecular weight excluding hydrogens is 632 g/mol. The Bertz CT molecular complexity index is 603. The van der Waals surface area contributed by atoms with Crippen molar-refractivity contribution in [3.8, 4) is 0 Å². The molecule has 10 heteroatoms. The van der Waals surface area contributed by atoms with Crippen LogP contribution in [0.1, 0.15) is 17.3 Å². The summed E-state index contributed by atoms with van der Waals surface area (Å²) in [4.78, 5) is 22.7. The Labute approximate surface area is 158 Å². The van der Waals surface area contributed by atoms with E-state index in [4.69, 9.17) is 11.6 Å². The molecule has 0 saturated heterocycles. The fourth-order valence-electron chi connectivity index (χ4n) is 1.23. The number of nitrogens with zero attached hydrogens (tertiary/aromatic N) is 1. The first-order valence-electron chi connectivity index (χ1n) is 4.49. The Hall–Kier alpha value is 0.660. The maximum atomic E-state index is 11.5. The third-order valence-corrected chi connectivity index (χ3v) is 5.55. The topological polar surface area (TPSA) is 75.6 Å². The van der Waals surface area contributed by atoms with Gasteiger partial charge in [0.25, 0.3) is 5.24 Å². The van der Waals surface area contributed by atoms with Crippen molar-refractivity contribution in [2.45, 2.75) is 6.92 Å². The highest BCUT2D eigenvalue weighted by atomic mass is 127. The molecule has 0 radical (unpaired) electrons. The van der Waals surface area contributed by atoms with E-state index in [1.807, 2.05) is 67.8 Å². The molecule has 0 bridgehead atoms. The molecule has 1 N–H and O–H groups in total. The van der Waals surface area contributed by atoms with Gasteiger partial charge in [0, 0.05) is 6.92 Å². The van der Waals surface area contributed by atoms with E-state index in [1.165, 1.54) is 6.92 Å². The summed E-state index contributed by atoms with van der Waals surface area (Å²) in [6.45, 7) is 1.35. The fraction of sp³-hybridized carbons (Fsp3) is 0.111. The standard InChI is InChI=1S/C9H4ClI3N2O3S/c1-2(16)14-7-4(11)3(9(10)17)5(12)8(6(7)13)15-19-18/h1H3,(H,14,16). The molecule has 0 unspecified atom stereocenters. The van der Waals surface area contributed by atoms with E-state index >= 15 is 0 Å². The lowest BCUT2D eigenvalue weighted by atomic mass is 10.2. The predicted octanol–water partition coefficient (Wildman–Crippen LogP) is 3.87. The SMILES string of the molecule is CC(=O)Nc1c(I)c(N=S=O)c(I)c(C(=O)Cl)c1I. The van der Waals surface area contributed by atoms with Gasteiger partial charge in [0.15, 0.2) is 0 Å². The van der Waals surface area contributed by atoms with Crippen LogP contribution in [0.15, 0.2) is 4.36 Å². The van der Waals surface area contributed by atoms with Gasteiger partial charge in [-0.2, -0.15) is 8.57 Å². The summed E-state index contributed by atoms with van der Waals surface area (Å²) in [7, 11) is 0. The van der Waals surface area contributed by atoms with Crippen molar-refractivity contribution in [1.29, 1.82) is 0 Å². The summed E-state index contributed by atoms with van der Waals surface area (Å²) >= 11 is 11.4. The highest BCUT2D eigenvalue weighted by Gasteiger charge is 2.24. The summed E-state index contributed by atoms with van der Waals surface area (Å²) in [6, 6.07) is 0. The van der Waals surface area contributed by atoms with Gasteiger partial charge in [-0.15, -0.1) is 0 Å². The van der Waals surface area contributed by atoms with Crippen molar-refractivity contribution < 1.29 is 13.8 Å². The Kier molecular flexibility index (Phi) is 7.09. The fourth-order valence-corrected chi connectivity index (χ4v) is 6.49. The summed E-state index contributed by atoms with van der Waals surface area (Å²) in [5.41, 5.74) is 1.01. The van der Waals surface area contributed by atoms with Gasteiger partial charge >= 0.3 is 0 Å². The average molecular weight is 636 g/mol. The van der Waals surface area contributed by atoms with Gasteiger partial charge in [-0.05, 0) is 79.4 Å². The van der Waals surface area contributed by atoms with Gasteiger partial charge in [-0.3, -0.25) is 9.59 Å². The molecule has 0 aliphatic rings. The highest BCUT2D eigenvalue weighted by Crippen LogP contribution is 2.40. The lowest BCUT2D eigenvalue weighted by molar-refractivity contribution is -0.114. The largest absolute Gasteiger partial charge is 0.324 e. The molecule has 1 aromatic carbocycles. The summed E-state index contributed by atoms with van der Waals surface area (Å²) in [5, 5.41) is 1.96. The number of halogens is 4. The van der Waals surface area contributed by atoms with Gasteiger partial charge in [-0.1, -0.05) is 0 Å². The molecule has 0 heterocycles. The van der Waals surface area contributed by atoms with E-state index in [0.717, 1.165) is 0 Å². The molecule has 1 aromatic rings. The molecule has 0 spiro atoms. The molecule has 0 saturated carbocycles. The molecule has 19 heavy (non-hydrogen) atoms. The van der Waals surface area contributed by atoms with Crippen molar-refractivity contribution in [1.82, 2.24) is 0 Å². The summed E-state index contributed by atoms with van der Waals surface area (Å²) in [5.74, 6) is -0.286. The number of amides is 1. The molecule has 0 fully saturated rings. The number of carbonyl (C=O) groups is 2. The third-order valence-electron chi connectivity index (χ3n) is 1.92. The zero-order valence-corrected chi connectivity index (χ0v) is 17.1. The van der Waals surface area contributed by atoms with Crippen molar-refractivity contribution >= 4 is 113 Å². The van der Waals surface area contributed by atoms with E-state index < -0.39 is 5.24 Å². The van der Waals surface area contributed by atoms with E-state index in [1.54, 1.807) is 0 Å². The minimum Gasteiger partial charge on any atom is -0.324 e. The lowest BCUT2D eigenvalue weighted by Gasteiger charge is -2.14. The number of benzene rings is 1. The quantitative estimate of drug-likeness (QED) is 0.405. The second-order valence-electron chi connectivity index (χ2n) is 3.16. The van der Waals surface area contributed by atoms with Crippen LogP contribution in [-0.2, 0) is 16.3 Å².